The monoisotopic (exact) mass is 314 g/mol. The molecule has 18 heavy (non-hydrogen) atoms. The van der Waals surface area contributed by atoms with Gasteiger partial charge in [-0.3, -0.25) is 4.79 Å². The molecule has 1 atom stereocenters. The van der Waals surface area contributed by atoms with Crippen molar-refractivity contribution in [2.45, 2.75) is 31.0 Å². The second kappa shape index (κ2) is 6.23. The van der Waals surface area contributed by atoms with E-state index in [1.165, 1.54) is 12.7 Å². The molecule has 0 aliphatic heterocycles. The number of methoxy groups -OCH3 is 1. The van der Waals surface area contributed by atoms with E-state index in [2.05, 4.69) is 47.5 Å². The molecule has 0 fully saturated rings. The maximum atomic E-state index is 11.2. The second-order valence-electron chi connectivity index (χ2n) is 5.08. The summed E-state index contributed by atoms with van der Waals surface area (Å²) in [6.45, 7) is 6.69. The molecule has 0 bridgehead atoms. The summed E-state index contributed by atoms with van der Waals surface area (Å²) in [5.41, 5.74) is 1.28. The number of halogens is 1. The number of esters is 1. The Hall–Kier alpha value is -1.03. The van der Waals surface area contributed by atoms with Crippen molar-refractivity contribution in [3.8, 4) is 5.75 Å². The van der Waals surface area contributed by atoms with Gasteiger partial charge in [0.25, 0.3) is 0 Å². The van der Waals surface area contributed by atoms with Gasteiger partial charge in [0.2, 0.25) is 0 Å². The second-order valence-corrected chi connectivity index (χ2v) is 6.18. The fraction of sp³-hybridized carbons (Fsp3) is 0.500. The van der Waals surface area contributed by atoms with Crippen LogP contribution in [0.2, 0.25) is 0 Å². The molecule has 0 spiro atoms. The average molecular weight is 315 g/mol. The number of benzene rings is 1. The third kappa shape index (κ3) is 4.33. The van der Waals surface area contributed by atoms with Gasteiger partial charge in [-0.1, -0.05) is 48.8 Å². The minimum Gasteiger partial charge on any atom is -0.492 e. The highest BCUT2D eigenvalue weighted by Gasteiger charge is 2.17. The van der Waals surface area contributed by atoms with Crippen molar-refractivity contribution in [1.29, 1.82) is 0 Å². The van der Waals surface area contributed by atoms with E-state index in [-0.39, 0.29) is 18.0 Å². The van der Waals surface area contributed by atoms with Crippen LogP contribution in [0, 0.1) is 0 Å². The van der Waals surface area contributed by atoms with E-state index in [4.69, 9.17) is 4.74 Å². The van der Waals surface area contributed by atoms with Crippen LogP contribution in [0.25, 0.3) is 0 Å². The maximum absolute atomic E-state index is 11.2. The number of ether oxygens (including phenoxy) is 2. The fourth-order valence-electron chi connectivity index (χ4n) is 1.42. The van der Waals surface area contributed by atoms with Crippen LogP contribution < -0.4 is 4.74 Å². The molecule has 0 radical (unpaired) electrons. The zero-order valence-electron chi connectivity index (χ0n) is 11.2. The summed E-state index contributed by atoms with van der Waals surface area (Å²) in [5, 5.41) is 0. The van der Waals surface area contributed by atoms with Crippen LogP contribution in [-0.4, -0.2) is 24.5 Å². The van der Waals surface area contributed by atoms with Gasteiger partial charge in [-0.05, 0) is 23.1 Å². The third-order valence-corrected chi connectivity index (χ3v) is 3.19. The van der Waals surface area contributed by atoms with Crippen LogP contribution in [0.5, 0.6) is 5.75 Å². The number of rotatable bonds is 4. The molecule has 1 rings (SSSR count). The number of carbonyl (C=O) groups excluding carboxylic acids is 1. The Morgan fingerprint density at radius 2 is 2.06 bits per heavy atom. The van der Waals surface area contributed by atoms with Crippen molar-refractivity contribution in [2.75, 3.05) is 13.7 Å². The fourth-order valence-corrected chi connectivity index (χ4v) is 1.74. The quantitative estimate of drug-likeness (QED) is 0.632. The average Bonchev–Trinajstić information content (AvgIpc) is 2.34. The molecule has 100 valence electrons. The summed E-state index contributed by atoms with van der Waals surface area (Å²) in [6, 6.07) is 7.90. The molecule has 0 heterocycles. The number of hydrogen-bond acceptors (Lipinski definition) is 3. The molecule has 0 saturated carbocycles. The van der Waals surface area contributed by atoms with Gasteiger partial charge in [-0.25, -0.2) is 0 Å². The molecule has 0 amide bonds. The zero-order chi connectivity index (χ0) is 13.8. The lowest BCUT2D eigenvalue weighted by Gasteiger charge is -2.20. The van der Waals surface area contributed by atoms with Gasteiger partial charge in [-0.15, -0.1) is 0 Å². The van der Waals surface area contributed by atoms with Crippen molar-refractivity contribution >= 4 is 21.9 Å². The minimum absolute atomic E-state index is 0.0789. The van der Waals surface area contributed by atoms with Gasteiger partial charge in [0.15, 0.2) is 0 Å². The number of alkyl halides is 1. The predicted octanol–water partition coefficient (Wildman–Crippen LogP) is 3.30. The molecule has 1 unspecified atom stereocenters. The Morgan fingerprint density at radius 3 is 2.61 bits per heavy atom. The van der Waals surface area contributed by atoms with Gasteiger partial charge in [0.05, 0.1) is 7.11 Å². The highest BCUT2D eigenvalue weighted by molar-refractivity contribution is 9.10. The Kier molecular flexibility index (Phi) is 5.20. The van der Waals surface area contributed by atoms with Crippen LogP contribution in [0.15, 0.2) is 24.3 Å². The SMILES string of the molecule is COC(=O)C(Br)COc1cccc(C(C)(C)C)c1. The van der Waals surface area contributed by atoms with Crippen molar-refractivity contribution < 1.29 is 14.3 Å². The summed E-state index contributed by atoms with van der Waals surface area (Å²) in [5.74, 6) is 0.428. The lowest BCUT2D eigenvalue weighted by atomic mass is 9.87. The van der Waals surface area contributed by atoms with Crippen LogP contribution in [-0.2, 0) is 14.9 Å². The molecule has 0 aliphatic carbocycles. The summed E-state index contributed by atoms with van der Waals surface area (Å²) in [6.07, 6.45) is 0. The van der Waals surface area contributed by atoms with Crippen molar-refractivity contribution in [3.05, 3.63) is 29.8 Å². The van der Waals surface area contributed by atoms with E-state index >= 15 is 0 Å². The first kappa shape index (κ1) is 15.0. The van der Waals surface area contributed by atoms with E-state index in [9.17, 15) is 4.79 Å². The molecule has 0 aromatic heterocycles. The highest BCUT2D eigenvalue weighted by Crippen LogP contribution is 2.25. The summed E-state index contributed by atoms with van der Waals surface area (Å²) in [7, 11) is 1.36. The molecule has 1 aromatic rings. The Bertz CT molecular complexity index is 410. The summed E-state index contributed by atoms with van der Waals surface area (Å²) in [4.78, 5) is 10.8. The molecular weight excluding hydrogens is 296 g/mol. The van der Waals surface area contributed by atoms with Crippen LogP contribution >= 0.6 is 15.9 Å². The molecule has 1 aromatic carbocycles. The van der Waals surface area contributed by atoms with Gasteiger partial charge < -0.3 is 9.47 Å². The van der Waals surface area contributed by atoms with E-state index in [0.29, 0.717) is 0 Å². The van der Waals surface area contributed by atoms with Crippen LogP contribution in [0.3, 0.4) is 0 Å². The van der Waals surface area contributed by atoms with Gasteiger partial charge in [0.1, 0.15) is 17.2 Å². The smallest absolute Gasteiger partial charge is 0.322 e. The van der Waals surface area contributed by atoms with Gasteiger partial charge in [0, 0.05) is 0 Å². The molecule has 4 heteroatoms. The first-order valence-corrected chi connectivity index (χ1v) is 6.71. The first-order chi connectivity index (χ1) is 8.34. The summed E-state index contributed by atoms with van der Waals surface area (Å²) < 4.78 is 10.2. The maximum Gasteiger partial charge on any atom is 0.322 e. The molecule has 0 aliphatic rings. The van der Waals surface area contributed by atoms with Crippen LogP contribution in [0.4, 0.5) is 0 Å². The van der Waals surface area contributed by atoms with Gasteiger partial charge in [-0.2, -0.15) is 0 Å². The highest BCUT2D eigenvalue weighted by atomic mass is 79.9. The Labute approximate surface area is 117 Å². The van der Waals surface area contributed by atoms with Crippen molar-refractivity contribution in [3.63, 3.8) is 0 Å². The molecule has 0 saturated heterocycles. The minimum atomic E-state index is -0.444. The Balaban J connectivity index is 2.66. The number of hydrogen-bond donors (Lipinski definition) is 0. The standard InChI is InChI=1S/C14H19BrO3/c1-14(2,3)10-6-5-7-11(8-10)18-9-12(15)13(16)17-4/h5-8,12H,9H2,1-4H3. The van der Waals surface area contributed by atoms with Crippen LogP contribution in [0.1, 0.15) is 26.3 Å². The predicted molar refractivity (Wildman–Crippen MR) is 75.4 cm³/mol. The number of carbonyl (C=O) groups is 1. The summed E-state index contributed by atoms with van der Waals surface area (Å²) >= 11 is 3.22. The Morgan fingerprint density at radius 1 is 1.39 bits per heavy atom. The van der Waals surface area contributed by atoms with Crippen molar-refractivity contribution in [2.24, 2.45) is 0 Å². The topological polar surface area (TPSA) is 35.5 Å². The lowest BCUT2D eigenvalue weighted by Crippen LogP contribution is -2.23. The molecule has 3 nitrogen and oxygen atoms in total. The van der Waals surface area contributed by atoms with Gasteiger partial charge >= 0.3 is 5.97 Å². The lowest BCUT2D eigenvalue weighted by molar-refractivity contribution is -0.140. The molecule has 0 N–H and O–H groups in total. The largest absolute Gasteiger partial charge is 0.492 e. The van der Waals surface area contributed by atoms with E-state index in [1.54, 1.807) is 0 Å². The molecular formula is C14H19BrO3. The van der Waals surface area contributed by atoms with E-state index in [1.807, 2.05) is 18.2 Å². The normalized spacial score (nSPS) is 12.9. The van der Waals surface area contributed by atoms with Crippen molar-refractivity contribution in [1.82, 2.24) is 0 Å². The zero-order valence-corrected chi connectivity index (χ0v) is 12.8. The first-order valence-electron chi connectivity index (χ1n) is 5.80. The van der Waals surface area contributed by atoms with E-state index in [0.717, 1.165) is 5.75 Å². The third-order valence-electron chi connectivity index (χ3n) is 2.55. The van der Waals surface area contributed by atoms with E-state index < -0.39 is 4.83 Å².